The number of fused-ring (bicyclic) bond motifs is 1. The molecule has 1 aromatic carbocycles. The monoisotopic (exact) mass is 411 g/mol. The highest BCUT2D eigenvalue weighted by molar-refractivity contribution is 7.90. The molecule has 0 bridgehead atoms. The number of aryl methyl sites for hydroxylation is 3. The van der Waals surface area contributed by atoms with Gasteiger partial charge in [0.15, 0.2) is 5.65 Å². The van der Waals surface area contributed by atoms with Gasteiger partial charge in [0.25, 0.3) is 10.0 Å². The summed E-state index contributed by atoms with van der Waals surface area (Å²) in [5.74, 6) is 0. The highest BCUT2D eigenvalue weighted by Gasteiger charge is 2.24. The van der Waals surface area contributed by atoms with Gasteiger partial charge in [0.05, 0.1) is 9.92 Å². The van der Waals surface area contributed by atoms with Crippen LogP contribution in [-0.2, 0) is 10.0 Å². The van der Waals surface area contributed by atoms with E-state index in [-0.39, 0.29) is 4.90 Å². The summed E-state index contributed by atoms with van der Waals surface area (Å²) < 4.78 is 28.1. The summed E-state index contributed by atoms with van der Waals surface area (Å²) in [5.41, 5.74) is 4.47. The molecular weight excluding hydrogens is 394 g/mol. The molecule has 0 atom stereocenters. The molecule has 0 spiro atoms. The Kier molecular flexibility index (Phi) is 4.48. The predicted molar refractivity (Wildman–Crippen MR) is 111 cm³/mol. The number of pyridine rings is 2. The van der Waals surface area contributed by atoms with Crippen molar-refractivity contribution in [2.75, 3.05) is 0 Å². The second-order valence-corrected chi connectivity index (χ2v) is 8.99. The Morgan fingerprint density at radius 3 is 2.43 bits per heavy atom. The SMILES string of the molecule is Cc1cc(-c2cn(S(=O)(=O)c3ccccc3C)c3ncc(Cl)cc23)c(C)cn1. The third-order valence-electron chi connectivity index (χ3n) is 4.74. The van der Waals surface area contributed by atoms with Gasteiger partial charge in [0, 0.05) is 35.2 Å². The molecule has 4 aromatic rings. The van der Waals surface area contributed by atoms with Crippen molar-refractivity contribution in [3.05, 3.63) is 76.8 Å². The molecule has 142 valence electrons. The van der Waals surface area contributed by atoms with E-state index in [0.717, 1.165) is 22.4 Å². The standard InChI is InChI=1S/C21H18ClN3O2S/c1-13-6-4-5-7-20(13)28(26,27)25-12-19(17-8-15(3)23-10-14(17)2)18-9-16(22)11-24-21(18)25/h4-12H,1-3H3. The molecule has 4 rings (SSSR count). The van der Waals surface area contributed by atoms with E-state index in [4.69, 9.17) is 11.6 Å². The van der Waals surface area contributed by atoms with Crippen molar-refractivity contribution in [3.8, 4) is 11.1 Å². The smallest absolute Gasteiger partial charge is 0.261 e. The largest absolute Gasteiger partial charge is 0.269 e. The minimum Gasteiger partial charge on any atom is -0.261 e. The minimum absolute atomic E-state index is 0.248. The van der Waals surface area contributed by atoms with Crippen LogP contribution in [0.2, 0.25) is 5.02 Å². The van der Waals surface area contributed by atoms with Gasteiger partial charge in [-0.3, -0.25) is 4.98 Å². The lowest BCUT2D eigenvalue weighted by Crippen LogP contribution is -2.13. The fourth-order valence-corrected chi connectivity index (χ4v) is 5.03. The van der Waals surface area contributed by atoms with E-state index in [1.165, 1.54) is 10.2 Å². The first-order valence-electron chi connectivity index (χ1n) is 8.70. The predicted octanol–water partition coefficient (Wildman–Crippen LogP) is 4.91. The Morgan fingerprint density at radius 1 is 0.929 bits per heavy atom. The Bertz CT molecular complexity index is 1330. The molecule has 3 heterocycles. The number of nitrogens with zero attached hydrogens (tertiary/aromatic N) is 3. The van der Waals surface area contributed by atoms with Crippen LogP contribution >= 0.6 is 11.6 Å². The average molecular weight is 412 g/mol. The Labute approximate surface area is 168 Å². The van der Waals surface area contributed by atoms with Crippen LogP contribution < -0.4 is 0 Å². The summed E-state index contributed by atoms with van der Waals surface area (Å²) in [6.45, 7) is 5.62. The molecule has 0 unspecified atom stereocenters. The lowest BCUT2D eigenvalue weighted by atomic mass is 10.0. The van der Waals surface area contributed by atoms with Crippen LogP contribution in [0.4, 0.5) is 0 Å². The molecule has 0 aliphatic heterocycles. The van der Waals surface area contributed by atoms with Crippen molar-refractivity contribution in [1.29, 1.82) is 0 Å². The maximum absolute atomic E-state index is 13.4. The van der Waals surface area contributed by atoms with E-state index < -0.39 is 10.0 Å². The topological polar surface area (TPSA) is 64.8 Å². The molecule has 0 amide bonds. The molecule has 0 saturated carbocycles. The van der Waals surface area contributed by atoms with Crippen molar-refractivity contribution in [2.45, 2.75) is 25.7 Å². The number of hydrogen-bond donors (Lipinski definition) is 0. The van der Waals surface area contributed by atoms with Gasteiger partial charge < -0.3 is 0 Å². The van der Waals surface area contributed by atoms with Crippen molar-refractivity contribution < 1.29 is 8.42 Å². The number of aromatic nitrogens is 3. The number of hydrogen-bond acceptors (Lipinski definition) is 4. The third-order valence-corrected chi connectivity index (χ3v) is 6.76. The van der Waals surface area contributed by atoms with Crippen LogP contribution in [-0.4, -0.2) is 22.4 Å². The van der Waals surface area contributed by atoms with Crippen molar-refractivity contribution in [3.63, 3.8) is 0 Å². The van der Waals surface area contributed by atoms with E-state index in [1.54, 1.807) is 43.6 Å². The van der Waals surface area contributed by atoms with Crippen molar-refractivity contribution in [1.82, 2.24) is 13.9 Å². The molecule has 0 fully saturated rings. The van der Waals surface area contributed by atoms with Crippen LogP contribution in [0.25, 0.3) is 22.2 Å². The van der Waals surface area contributed by atoms with Gasteiger partial charge in [0.1, 0.15) is 0 Å². The maximum atomic E-state index is 13.4. The first-order valence-corrected chi connectivity index (χ1v) is 10.5. The van der Waals surface area contributed by atoms with E-state index in [1.807, 2.05) is 26.0 Å². The minimum atomic E-state index is -3.82. The summed E-state index contributed by atoms with van der Waals surface area (Å²) in [5, 5.41) is 1.13. The van der Waals surface area contributed by atoms with E-state index >= 15 is 0 Å². The summed E-state index contributed by atoms with van der Waals surface area (Å²) in [7, 11) is -3.82. The molecule has 3 aromatic heterocycles. The normalized spacial score (nSPS) is 11.9. The van der Waals surface area contributed by atoms with Crippen LogP contribution in [0, 0.1) is 20.8 Å². The molecule has 0 radical (unpaired) electrons. The van der Waals surface area contributed by atoms with Crippen molar-refractivity contribution >= 4 is 32.7 Å². The second kappa shape index (κ2) is 6.72. The van der Waals surface area contributed by atoms with E-state index in [2.05, 4.69) is 9.97 Å². The second-order valence-electron chi connectivity index (χ2n) is 6.77. The highest BCUT2D eigenvalue weighted by Crippen LogP contribution is 2.35. The first kappa shape index (κ1) is 18.7. The Morgan fingerprint density at radius 2 is 1.68 bits per heavy atom. The van der Waals surface area contributed by atoms with Crippen LogP contribution in [0.5, 0.6) is 0 Å². The quantitative estimate of drug-likeness (QED) is 0.480. The zero-order valence-electron chi connectivity index (χ0n) is 15.6. The molecule has 0 N–H and O–H groups in total. The fraction of sp³-hybridized carbons (Fsp3) is 0.143. The maximum Gasteiger partial charge on any atom is 0.269 e. The van der Waals surface area contributed by atoms with E-state index in [9.17, 15) is 8.42 Å². The highest BCUT2D eigenvalue weighted by atomic mass is 35.5. The summed E-state index contributed by atoms with van der Waals surface area (Å²) >= 11 is 6.18. The van der Waals surface area contributed by atoms with Crippen LogP contribution in [0.15, 0.2) is 59.9 Å². The number of halogens is 1. The molecule has 5 nitrogen and oxygen atoms in total. The first-order chi connectivity index (χ1) is 13.3. The van der Waals surface area contributed by atoms with Crippen molar-refractivity contribution in [2.24, 2.45) is 0 Å². The van der Waals surface area contributed by atoms with Crippen LogP contribution in [0.3, 0.4) is 0 Å². The van der Waals surface area contributed by atoms with Gasteiger partial charge in [-0.15, -0.1) is 0 Å². The third kappa shape index (κ3) is 2.99. The average Bonchev–Trinajstić information content (AvgIpc) is 3.03. The molecule has 7 heteroatoms. The Balaban J connectivity index is 2.07. The summed E-state index contributed by atoms with van der Waals surface area (Å²) in [6.07, 6.45) is 4.86. The molecule has 28 heavy (non-hydrogen) atoms. The van der Waals surface area contributed by atoms with Gasteiger partial charge in [0.2, 0.25) is 0 Å². The van der Waals surface area contributed by atoms with Gasteiger partial charge in [-0.25, -0.2) is 17.4 Å². The van der Waals surface area contributed by atoms with Gasteiger partial charge in [-0.05, 0) is 55.7 Å². The lowest BCUT2D eigenvalue weighted by Gasteiger charge is -2.09. The van der Waals surface area contributed by atoms with Gasteiger partial charge >= 0.3 is 0 Å². The van der Waals surface area contributed by atoms with Crippen LogP contribution in [0.1, 0.15) is 16.8 Å². The molecule has 0 aliphatic carbocycles. The Hall–Kier alpha value is -2.70. The fourth-order valence-electron chi connectivity index (χ4n) is 3.32. The van der Waals surface area contributed by atoms with Gasteiger partial charge in [-0.1, -0.05) is 29.8 Å². The number of rotatable bonds is 3. The van der Waals surface area contributed by atoms with E-state index in [0.29, 0.717) is 21.6 Å². The summed E-state index contributed by atoms with van der Waals surface area (Å²) in [4.78, 5) is 8.90. The zero-order valence-corrected chi connectivity index (χ0v) is 17.2. The molecular formula is C21H18ClN3O2S. The lowest BCUT2D eigenvalue weighted by molar-refractivity contribution is 0.588. The zero-order chi connectivity index (χ0) is 20.1. The molecule has 0 aliphatic rings. The van der Waals surface area contributed by atoms with Gasteiger partial charge in [-0.2, -0.15) is 0 Å². The molecule has 0 saturated heterocycles. The summed E-state index contributed by atoms with van der Waals surface area (Å²) in [6, 6.07) is 10.6. The number of benzene rings is 1.